The minimum atomic E-state index is -0.396. The Labute approximate surface area is 183 Å². The van der Waals surface area contributed by atoms with Gasteiger partial charge >= 0.3 is 0 Å². The summed E-state index contributed by atoms with van der Waals surface area (Å²) in [5.74, 6) is -0.110. The molecule has 31 heavy (non-hydrogen) atoms. The van der Waals surface area contributed by atoms with Crippen LogP contribution in [0.1, 0.15) is 31.7 Å². The highest BCUT2D eigenvalue weighted by molar-refractivity contribution is 7.20. The molecule has 5 heterocycles. The third-order valence-corrected chi connectivity index (χ3v) is 6.74. The van der Waals surface area contributed by atoms with Crippen LogP contribution in [-0.4, -0.2) is 82.4 Å². The predicted octanol–water partition coefficient (Wildman–Crippen LogP) is 1.72. The number of rotatable bonds is 3. The van der Waals surface area contributed by atoms with Gasteiger partial charge in [0.1, 0.15) is 15.8 Å². The topological polar surface area (TPSA) is 89.8 Å². The van der Waals surface area contributed by atoms with Crippen molar-refractivity contribution in [2.24, 2.45) is 7.05 Å². The summed E-state index contributed by atoms with van der Waals surface area (Å²) in [6.07, 6.45) is 4.62. The second-order valence-electron chi connectivity index (χ2n) is 7.62. The van der Waals surface area contributed by atoms with Crippen molar-refractivity contribution in [2.75, 3.05) is 46.0 Å². The minimum absolute atomic E-state index is 0.0272. The van der Waals surface area contributed by atoms with Gasteiger partial charge in [-0.15, -0.1) is 11.3 Å². The number of fused-ring (bicyclic) bond motifs is 1. The quantitative estimate of drug-likeness (QED) is 0.615. The Hall–Kier alpha value is -2.82. The molecule has 0 spiro atoms. The van der Waals surface area contributed by atoms with Crippen LogP contribution in [0.4, 0.5) is 0 Å². The molecule has 0 N–H and O–H groups in total. The van der Waals surface area contributed by atoms with Gasteiger partial charge in [0, 0.05) is 50.0 Å². The highest BCUT2D eigenvalue weighted by Crippen LogP contribution is 2.38. The molecule has 2 amide bonds. The van der Waals surface area contributed by atoms with Gasteiger partial charge in [-0.05, 0) is 6.07 Å². The third kappa shape index (κ3) is 3.82. The van der Waals surface area contributed by atoms with Crippen LogP contribution >= 0.6 is 11.3 Å². The molecule has 3 aromatic rings. The normalized spacial score (nSPS) is 19.7. The fourth-order valence-electron chi connectivity index (χ4n) is 4.06. The van der Waals surface area contributed by atoms with Crippen molar-refractivity contribution in [1.29, 1.82) is 0 Å². The van der Waals surface area contributed by atoms with Crippen LogP contribution in [0, 0.1) is 0 Å². The number of amides is 2. The van der Waals surface area contributed by atoms with Crippen molar-refractivity contribution < 1.29 is 19.1 Å². The van der Waals surface area contributed by atoms with Crippen molar-refractivity contribution in [3.63, 3.8) is 0 Å². The van der Waals surface area contributed by atoms with E-state index >= 15 is 0 Å². The Kier molecular flexibility index (Phi) is 5.43. The summed E-state index contributed by atoms with van der Waals surface area (Å²) in [5.41, 5.74) is 1.37. The lowest BCUT2D eigenvalue weighted by molar-refractivity contribution is -0.0225. The van der Waals surface area contributed by atoms with Crippen LogP contribution in [0.2, 0.25) is 0 Å². The fourth-order valence-corrected chi connectivity index (χ4v) is 5.22. The summed E-state index contributed by atoms with van der Waals surface area (Å²) in [6, 6.07) is 3.83. The first-order chi connectivity index (χ1) is 15.1. The summed E-state index contributed by atoms with van der Waals surface area (Å²) in [4.78, 5) is 35.8. The molecule has 0 aromatic carbocycles. The minimum Gasteiger partial charge on any atom is -0.378 e. The largest absolute Gasteiger partial charge is 0.378 e. The van der Waals surface area contributed by atoms with Gasteiger partial charge in [0.05, 0.1) is 38.1 Å². The molecule has 5 rings (SSSR count). The van der Waals surface area contributed by atoms with E-state index < -0.39 is 6.10 Å². The molecule has 2 saturated heterocycles. The van der Waals surface area contributed by atoms with Gasteiger partial charge < -0.3 is 19.3 Å². The summed E-state index contributed by atoms with van der Waals surface area (Å²) in [5, 5.41) is 5.01. The number of ether oxygens (including phenoxy) is 2. The van der Waals surface area contributed by atoms with Crippen molar-refractivity contribution in [1.82, 2.24) is 24.6 Å². The molecular weight excluding hydrogens is 418 g/mol. The van der Waals surface area contributed by atoms with E-state index in [-0.39, 0.29) is 11.8 Å². The molecule has 1 unspecified atom stereocenters. The molecule has 2 aliphatic heterocycles. The molecule has 1 atom stereocenters. The lowest BCUT2D eigenvalue weighted by atomic mass is 10.0. The van der Waals surface area contributed by atoms with E-state index in [1.807, 2.05) is 17.0 Å². The maximum absolute atomic E-state index is 13.4. The van der Waals surface area contributed by atoms with E-state index in [1.165, 1.54) is 11.3 Å². The van der Waals surface area contributed by atoms with Crippen LogP contribution in [0.15, 0.2) is 30.7 Å². The van der Waals surface area contributed by atoms with Gasteiger partial charge in [-0.2, -0.15) is 5.10 Å². The smallest absolute Gasteiger partial charge is 0.264 e. The van der Waals surface area contributed by atoms with Crippen LogP contribution in [0.25, 0.3) is 10.2 Å². The second kappa shape index (κ2) is 8.37. The molecule has 3 aromatic heterocycles. The number of carbonyl (C=O) groups excluding carboxylic acids is 2. The average Bonchev–Trinajstić information content (AvgIpc) is 3.42. The van der Waals surface area contributed by atoms with E-state index in [0.717, 1.165) is 15.8 Å². The van der Waals surface area contributed by atoms with Gasteiger partial charge in [-0.1, -0.05) is 6.07 Å². The highest BCUT2D eigenvalue weighted by atomic mass is 32.1. The molecule has 2 aliphatic rings. The molecule has 162 valence electrons. The zero-order chi connectivity index (χ0) is 21.4. The molecule has 2 fully saturated rings. The molecule has 10 heteroatoms. The van der Waals surface area contributed by atoms with Crippen molar-refractivity contribution in [3.8, 4) is 0 Å². The van der Waals surface area contributed by atoms with E-state index in [1.54, 1.807) is 35.2 Å². The van der Waals surface area contributed by atoms with Crippen LogP contribution in [-0.2, 0) is 16.5 Å². The monoisotopic (exact) mass is 441 g/mol. The van der Waals surface area contributed by atoms with E-state index in [4.69, 9.17) is 9.47 Å². The van der Waals surface area contributed by atoms with Gasteiger partial charge in [-0.25, -0.2) is 4.98 Å². The van der Waals surface area contributed by atoms with E-state index in [0.29, 0.717) is 56.4 Å². The van der Waals surface area contributed by atoms with E-state index in [2.05, 4.69) is 10.1 Å². The van der Waals surface area contributed by atoms with Gasteiger partial charge in [-0.3, -0.25) is 14.3 Å². The molecular formula is C21H23N5O4S. The highest BCUT2D eigenvalue weighted by Gasteiger charge is 2.34. The number of hydrogen-bond acceptors (Lipinski definition) is 7. The Bertz CT molecular complexity index is 1120. The number of carbonyl (C=O) groups is 2. The third-order valence-electron chi connectivity index (χ3n) is 5.62. The first kappa shape index (κ1) is 20.1. The summed E-state index contributed by atoms with van der Waals surface area (Å²) in [6.45, 7) is 3.48. The fraction of sp³-hybridized carbons (Fsp3) is 0.429. The van der Waals surface area contributed by atoms with Crippen LogP contribution < -0.4 is 0 Å². The first-order valence-electron chi connectivity index (χ1n) is 10.3. The lowest BCUT2D eigenvalue weighted by Gasteiger charge is -2.34. The SMILES string of the molecule is Cn1cc(C(=O)N2CCOC(c3c(C(=O)N4CCOCC4)sc4ncccc34)C2)cn1. The van der Waals surface area contributed by atoms with Gasteiger partial charge in [0.25, 0.3) is 11.8 Å². The Balaban J connectivity index is 1.48. The lowest BCUT2D eigenvalue weighted by Crippen LogP contribution is -2.43. The summed E-state index contributed by atoms with van der Waals surface area (Å²) < 4.78 is 13.1. The number of thiophene rings is 1. The summed E-state index contributed by atoms with van der Waals surface area (Å²) >= 11 is 1.39. The van der Waals surface area contributed by atoms with Crippen molar-refractivity contribution >= 4 is 33.4 Å². The Morgan fingerprint density at radius 1 is 1.13 bits per heavy atom. The number of morpholine rings is 2. The van der Waals surface area contributed by atoms with Crippen molar-refractivity contribution in [3.05, 3.63) is 46.7 Å². The Morgan fingerprint density at radius 2 is 1.94 bits per heavy atom. The van der Waals surface area contributed by atoms with Crippen LogP contribution in [0.3, 0.4) is 0 Å². The van der Waals surface area contributed by atoms with Gasteiger partial charge in [0.15, 0.2) is 0 Å². The molecule has 0 aliphatic carbocycles. The zero-order valence-corrected chi connectivity index (χ0v) is 18.0. The van der Waals surface area contributed by atoms with E-state index in [9.17, 15) is 9.59 Å². The summed E-state index contributed by atoms with van der Waals surface area (Å²) in [7, 11) is 1.78. The predicted molar refractivity (Wildman–Crippen MR) is 114 cm³/mol. The number of pyridine rings is 1. The van der Waals surface area contributed by atoms with Crippen molar-refractivity contribution in [2.45, 2.75) is 6.10 Å². The van der Waals surface area contributed by atoms with Gasteiger partial charge in [0.2, 0.25) is 0 Å². The number of hydrogen-bond donors (Lipinski definition) is 0. The maximum Gasteiger partial charge on any atom is 0.264 e. The standard InChI is InChI=1S/C21H23N5O4S/c1-24-12-14(11-23-24)20(27)26-7-10-30-16(13-26)17-15-3-2-4-22-19(15)31-18(17)21(28)25-5-8-29-9-6-25/h2-4,11-12,16H,5-10,13H2,1H3. The zero-order valence-electron chi connectivity index (χ0n) is 17.2. The molecule has 0 radical (unpaired) electrons. The second-order valence-corrected chi connectivity index (χ2v) is 8.62. The molecule has 0 saturated carbocycles. The number of nitrogens with zero attached hydrogens (tertiary/aromatic N) is 5. The number of aromatic nitrogens is 3. The average molecular weight is 442 g/mol. The number of aryl methyl sites for hydroxylation is 1. The Morgan fingerprint density at radius 3 is 2.71 bits per heavy atom. The van der Waals surface area contributed by atoms with Crippen LogP contribution in [0.5, 0.6) is 0 Å². The molecule has 0 bridgehead atoms. The molecule has 9 nitrogen and oxygen atoms in total. The first-order valence-corrected chi connectivity index (χ1v) is 11.1. The maximum atomic E-state index is 13.4.